The van der Waals surface area contributed by atoms with Crippen LogP contribution in [0.5, 0.6) is 11.5 Å². The Morgan fingerprint density at radius 1 is 0.857 bits per heavy atom. The molecule has 2 rings (SSSR count). The second-order valence-electron chi connectivity index (χ2n) is 6.47. The van der Waals surface area contributed by atoms with Crippen molar-refractivity contribution in [3.05, 3.63) is 59.7 Å². The van der Waals surface area contributed by atoms with Crippen LogP contribution < -0.4 is 9.47 Å². The van der Waals surface area contributed by atoms with Crippen LogP contribution in [0.2, 0.25) is 0 Å². The SMILES string of the molecule is COc1ccc(C(COCc2ccccc2)N(C)CC(OC)OC)cc1OC. The molecular weight excluding hydrogens is 358 g/mol. The van der Waals surface area contributed by atoms with E-state index in [2.05, 4.69) is 17.0 Å². The summed E-state index contributed by atoms with van der Waals surface area (Å²) in [5.41, 5.74) is 2.21. The third-order valence-electron chi connectivity index (χ3n) is 4.67. The highest BCUT2D eigenvalue weighted by Crippen LogP contribution is 2.32. The van der Waals surface area contributed by atoms with Gasteiger partial charge in [0.2, 0.25) is 0 Å². The Morgan fingerprint density at radius 2 is 1.54 bits per heavy atom. The van der Waals surface area contributed by atoms with Crippen molar-refractivity contribution in [1.82, 2.24) is 4.90 Å². The minimum Gasteiger partial charge on any atom is -0.493 e. The molecule has 0 aliphatic heterocycles. The first-order chi connectivity index (χ1) is 13.6. The summed E-state index contributed by atoms with van der Waals surface area (Å²) >= 11 is 0. The van der Waals surface area contributed by atoms with E-state index in [1.54, 1.807) is 28.4 Å². The first-order valence-electron chi connectivity index (χ1n) is 9.22. The quantitative estimate of drug-likeness (QED) is 0.518. The van der Waals surface area contributed by atoms with Crippen molar-refractivity contribution in [2.45, 2.75) is 18.9 Å². The van der Waals surface area contributed by atoms with Gasteiger partial charge in [-0.25, -0.2) is 0 Å². The van der Waals surface area contributed by atoms with E-state index in [1.807, 2.05) is 43.4 Å². The average molecular weight is 389 g/mol. The third kappa shape index (κ3) is 6.21. The van der Waals surface area contributed by atoms with Crippen LogP contribution in [0.3, 0.4) is 0 Å². The lowest BCUT2D eigenvalue weighted by Gasteiger charge is -2.31. The molecule has 0 heterocycles. The second-order valence-corrected chi connectivity index (χ2v) is 6.47. The van der Waals surface area contributed by atoms with E-state index >= 15 is 0 Å². The third-order valence-corrected chi connectivity index (χ3v) is 4.67. The van der Waals surface area contributed by atoms with E-state index in [9.17, 15) is 0 Å². The van der Waals surface area contributed by atoms with Gasteiger partial charge in [0.05, 0.1) is 33.5 Å². The fourth-order valence-corrected chi connectivity index (χ4v) is 3.01. The molecule has 0 saturated carbocycles. The van der Waals surface area contributed by atoms with Crippen LogP contribution >= 0.6 is 0 Å². The number of ether oxygens (including phenoxy) is 5. The van der Waals surface area contributed by atoms with Gasteiger partial charge in [0.1, 0.15) is 0 Å². The largest absolute Gasteiger partial charge is 0.493 e. The van der Waals surface area contributed by atoms with Crippen molar-refractivity contribution in [1.29, 1.82) is 0 Å². The second kappa shape index (κ2) is 11.7. The molecule has 1 unspecified atom stereocenters. The molecule has 0 radical (unpaired) electrons. The molecule has 0 N–H and O–H groups in total. The molecule has 0 bridgehead atoms. The first-order valence-corrected chi connectivity index (χ1v) is 9.22. The molecule has 2 aromatic carbocycles. The Balaban J connectivity index is 2.17. The molecule has 28 heavy (non-hydrogen) atoms. The number of likely N-dealkylation sites (N-methyl/N-ethyl adjacent to an activating group) is 1. The van der Waals surface area contributed by atoms with E-state index in [4.69, 9.17) is 23.7 Å². The molecule has 0 aromatic heterocycles. The van der Waals surface area contributed by atoms with Gasteiger partial charge in [0.25, 0.3) is 0 Å². The van der Waals surface area contributed by atoms with Gasteiger partial charge in [0, 0.05) is 20.8 Å². The highest BCUT2D eigenvalue weighted by molar-refractivity contribution is 5.43. The lowest BCUT2D eigenvalue weighted by molar-refractivity contribution is -0.120. The predicted octanol–water partition coefficient (Wildman–Crippen LogP) is 3.51. The van der Waals surface area contributed by atoms with Crippen LogP contribution in [-0.2, 0) is 20.8 Å². The number of methoxy groups -OCH3 is 4. The zero-order valence-corrected chi connectivity index (χ0v) is 17.4. The van der Waals surface area contributed by atoms with Crippen molar-refractivity contribution in [3.63, 3.8) is 0 Å². The first kappa shape index (κ1) is 22.2. The minimum atomic E-state index is -0.318. The lowest BCUT2D eigenvalue weighted by Crippen LogP contribution is -2.36. The molecule has 1 atom stereocenters. The van der Waals surface area contributed by atoms with E-state index in [-0.39, 0.29) is 12.3 Å². The summed E-state index contributed by atoms with van der Waals surface area (Å²) in [7, 11) is 8.57. The standard InChI is InChI=1S/C22H31NO5/c1-23(14-22(26-4)27-5)19(16-28-15-17-9-7-6-8-10-17)18-11-12-20(24-2)21(13-18)25-3/h6-13,19,22H,14-16H2,1-5H3. The van der Waals surface area contributed by atoms with Crippen molar-refractivity contribution >= 4 is 0 Å². The van der Waals surface area contributed by atoms with Gasteiger partial charge < -0.3 is 23.7 Å². The molecular formula is C22H31NO5. The topological polar surface area (TPSA) is 49.4 Å². The van der Waals surface area contributed by atoms with E-state index < -0.39 is 0 Å². The maximum absolute atomic E-state index is 6.04. The van der Waals surface area contributed by atoms with Crippen molar-refractivity contribution in [2.24, 2.45) is 0 Å². The Morgan fingerprint density at radius 3 is 2.14 bits per heavy atom. The van der Waals surface area contributed by atoms with Gasteiger partial charge >= 0.3 is 0 Å². The molecule has 0 fully saturated rings. The van der Waals surface area contributed by atoms with Gasteiger partial charge in [0.15, 0.2) is 17.8 Å². The molecule has 2 aromatic rings. The number of benzene rings is 2. The zero-order chi connectivity index (χ0) is 20.4. The average Bonchev–Trinajstić information content (AvgIpc) is 2.75. The van der Waals surface area contributed by atoms with Crippen LogP contribution in [0.1, 0.15) is 17.2 Å². The minimum absolute atomic E-state index is 0.00341. The van der Waals surface area contributed by atoms with Gasteiger partial charge in [-0.1, -0.05) is 36.4 Å². The van der Waals surface area contributed by atoms with Crippen LogP contribution in [0.15, 0.2) is 48.5 Å². The monoisotopic (exact) mass is 389 g/mol. The fourth-order valence-electron chi connectivity index (χ4n) is 3.01. The summed E-state index contributed by atoms with van der Waals surface area (Å²) in [6, 6.07) is 16.1. The van der Waals surface area contributed by atoms with E-state index in [0.717, 1.165) is 11.1 Å². The molecule has 154 valence electrons. The maximum atomic E-state index is 6.04. The molecule has 6 heteroatoms. The highest BCUT2D eigenvalue weighted by Gasteiger charge is 2.22. The Bertz CT molecular complexity index is 691. The Kier molecular flexibility index (Phi) is 9.23. The molecule has 6 nitrogen and oxygen atoms in total. The van der Waals surface area contributed by atoms with E-state index in [0.29, 0.717) is 31.3 Å². The van der Waals surface area contributed by atoms with E-state index in [1.165, 1.54) is 0 Å². The smallest absolute Gasteiger partial charge is 0.169 e. The summed E-state index contributed by atoms with van der Waals surface area (Å²) in [6.07, 6.45) is -0.318. The van der Waals surface area contributed by atoms with Crippen LogP contribution in [-0.4, -0.2) is 59.8 Å². The lowest BCUT2D eigenvalue weighted by atomic mass is 10.1. The van der Waals surface area contributed by atoms with Gasteiger partial charge in [-0.05, 0) is 30.3 Å². The van der Waals surface area contributed by atoms with Crippen molar-refractivity contribution in [2.75, 3.05) is 48.6 Å². The molecule has 0 aliphatic rings. The summed E-state index contributed by atoms with van der Waals surface area (Å²) in [4.78, 5) is 2.16. The molecule has 0 aliphatic carbocycles. The fraction of sp³-hybridized carbons (Fsp3) is 0.455. The molecule has 0 amide bonds. The molecule has 0 spiro atoms. The number of hydrogen-bond acceptors (Lipinski definition) is 6. The van der Waals surface area contributed by atoms with Crippen LogP contribution in [0.4, 0.5) is 0 Å². The van der Waals surface area contributed by atoms with Crippen molar-refractivity contribution < 1.29 is 23.7 Å². The number of hydrogen-bond donors (Lipinski definition) is 0. The molecule has 0 saturated heterocycles. The predicted molar refractivity (Wildman–Crippen MR) is 109 cm³/mol. The Hall–Kier alpha value is -2.12. The Labute approximate surface area is 167 Å². The highest BCUT2D eigenvalue weighted by atomic mass is 16.7. The van der Waals surface area contributed by atoms with Crippen molar-refractivity contribution in [3.8, 4) is 11.5 Å². The van der Waals surface area contributed by atoms with Gasteiger partial charge in [-0.2, -0.15) is 0 Å². The normalized spacial score (nSPS) is 12.4. The van der Waals surface area contributed by atoms with Crippen LogP contribution in [0, 0.1) is 0 Å². The summed E-state index contributed by atoms with van der Waals surface area (Å²) < 4.78 is 27.6. The summed E-state index contributed by atoms with van der Waals surface area (Å²) in [5.74, 6) is 1.39. The van der Waals surface area contributed by atoms with Gasteiger partial charge in [-0.15, -0.1) is 0 Å². The van der Waals surface area contributed by atoms with Crippen LogP contribution in [0.25, 0.3) is 0 Å². The number of nitrogens with zero attached hydrogens (tertiary/aromatic N) is 1. The number of rotatable bonds is 12. The summed E-state index contributed by atoms with van der Waals surface area (Å²) in [5, 5.41) is 0. The maximum Gasteiger partial charge on any atom is 0.169 e. The van der Waals surface area contributed by atoms with Gasteiger partial charge in [-0.3, -0.25) is 4.90 Å². The summed E-state index contributed by atoms with van der Waals surface area (Å²) in [6.45, 7) is 1.66. The zero-order valence-electron chi connectivity index (χ0n) is 17.4.